The smallest absolute Gasteiger partial charge is 0.334 e. The second kappa shape index (κ2) is 4.29. The Bertz CT molecular complexity index is 91.0. The Morgan fingerprint density at radius 1 is 1.78 bits per heavy atom. The average molecular weight is 134 g/mol. The number of aliphatic hydroxyl groups excluding tert-OH is 2. The number of ether oxygens (including phenoxy) is 1. The first-order valence-electron chi connectivity index (χ1n) is 2.59. The summed E-state index contributed by atoms with van der Waals surface area (Å²) in [4.78, 5) is 10.3. The Morgan fingerprint density at radius 2 is 2.33 bits per heavy atom. The van der Waals surface area contributed by atoms with E-state index >= 15 is 0 Å². The first-order chi connectivity index (χ1) is 4.22. The van der Waals surface area contributed by atoms with Crippen molar-refractivity contribution >= 4 is 5.97 Å². The molecule has 0 rings (SSSR count). The van der Waals surface area contributed by atoms with Crippen molar-refractivity contribution in [2.45, 2.75) is 12.5 Å². The van der Waals surface area contributed by atoms with E-state index in [0.717, 1.165) is 0 Å². The van der Waals surface area contributed by atoms with Gasteiger partial charge in [-0.3, -0.25) is 0 Å². The normalized spacial score (nSPS) is 12.8. The van der Waals surface area contributed by atoms with Crippen LogP contribution in [-0.4, -0.2) is 36.0 Å². The van der Waals surface area contributed by atoms with Crippen molar-refractivity contribution in [3.05, 3.63) is 0 Å². The van der Waals surface area contributed by atoms with Gasteiger partial charge in [-0.25, -0.2) is 4.79 Å². The largest absolute Gasteiger partial charge is 0.467 e. The molecule has 4 heteroatoms. The number of rotatable bonds is 3. The summed E-state index contributed by atoms with van der Waals surface area (Å²) < 4.78 is 4.16. The molecule has 0 aliphatic carbocycles. The fourth-order valence-electron chi connectivity index (χ4n) is 0.376. The molecule has 4 nitrogen and oxygen atoms in total. The summed E-state index contributed by atoms with van der Waals surface area (Å²) in [6, 6.07) is 0. The SMILES string of the molecule is COC(=O)C(O)CCO. The lowest BCUT2D eigenvalue weighted by molar-refractivity contribution is -0.151. The molecule has 0 aromatic rings. The van der Waals surface area contributed by atoms with Gasteiger partial charge in [-0.1, -0.05) is 0 Å². The van der Waals surface area contributed by atoms with Crippen molar-refractivity contribution in [1.29, 1.82) is 0 Å². The molecule has 0 heterocycles. The van der Waals surface area contributed by atoms with E-state index < -0.39 is 12.1 Å². The van der Waals surface area contributed by atoms with Crippen molar-refractivity contribution in [3.8, 4) is 0 Å². The van der Waals surface area contributed by atoms with Crippen LogP contribution in [0.4, 0.5) is 0 Å². The second-order valence-electron chi connectivity index (χ2n) is 1.55. The molecular formula is C5H10O4. The van der Waals surface area contributed by atoms with Crippen LogP contribution in [0.1, 0.15) is 6.42 Å². The van der Waals surface area contributed by atoms with E-state index in [1.54, 1.807) is 0 Å². The van der Waals surface area contributed by atoms with Crippen LogP contribution in [-0.2, 0) is 9.53 Å². The fraction of sp³-hybridized carbons (Fsp3) is 0.800. The highest BCUT2D eigenvalue weighted by Crippen LogP contribution is 1.91. The molecule has 1 atom stereocenters. The Hall–Kier alpha value is -0.610. The van der Waals surface area contributed by atoms with Gasteiger partial charge in [0.15, 0.2) is 6.10 Å². The molecule has 0 aliphatic rings. The summed E-state index contributed by atoms with van der Waals surface area (Å²) in [5.74, 6) is -0.705. The van der Waals surface area contributed by atoms with Gasteiger partial charge >= 0.3 is 5.97 Å². The van der Waals surface area contributed by atoms with Gasteiger partial charge in [0.25, 0.3) is 0 Å². The van der Waals surface area contributed by atoms with Crippen molar-refractivity contribution in [2.75, 3.05) is 13.7 Å². The third kappa shape index (κ3) is 3.05. The van der Waals surface area contributed by atoms with Crippen LogP contribution in [0.2, 0.25) is 0 Å². The number of hydrogen-bond acceptors (Lipinski definition) is 4. The van der Waals surface area contributed by atoms with Gasteiger partial charge in [0.2, 0.25) is 0 Å². The van der Waals surface area contributed by atoms with Gasteiger partial charge in [0.05, 0.1) is 7.11 Å². The number of carbonyl (C=O) groups excluding carboxylic acids is 1. The van der Waals surface area contributed by atoms with Crippen LogP contribution in [0.5, 0.6) is 0 Å². The van der Waals surface area contributed by atoms with Gasteiger partial charge in [-0.15, -0.1) is 0 Å². The number of methoxy groups -OCH3 is 1. The molecule has 0 spiro atoms. The zero-order chi connectivity index (χ0) is 7.28. The van der Waals surface area contributed by atoms with E-state index in [2.05, 4.69) is 4.74 Å². The topological polar surface area (TPSA) is 66.8 Å². The van der Waals surface area contributed by atoms with Crippen LogP contribution >= 0.6 is 0 Å². The molecule has 0 amide bonds. The Balaban J connectivity index is 3.45. The second-order valence-corrected chi connectivity index (χ2v) is 1.55. The van der Waals surface area contributed by atoms with Gasteiger partial charge < -0.3 is 14.9 Å². The molecule has 0 saturated heterocycles. The fourth-order valence-corrected chi connectivity index (χ4v) is 0.376. The molecule has 0 saturated carbocycles. The van der Waals surface area contributed by atoms with E-state index in [1.165, 1.54) is 7.11 Å². The number of hydrogen-bond donors (Lipinski definition) is 2. The first kappa shape index (κ1) is 8.39. The number of esters is 1. The lowest BCUT2D eigenvalue weighted by Crippen LogP contribution is -2.22. The average Bonchev–Trinajstić information content (AvgIpc) is 1.87. The molecule has 0 bridgehead atoms. The highest BCUT2D eigenvalue weighted by atomic mass is 16.5. The summed E-state index contributed by atoms with van der Waals surface area (Å²) >= 11 is 0. The Labute approximate surface area is 53.1 Å². The minimum Gasteiger partial charge on any atom is -0.467 e. The third-order valence-corrected chi connectivity index (χ3v) is 0.876. The van der Waals surface area contributed by atoms with Gasteiger partial charge in [0.1, 0.15) is 0 Å². The van der Waals surface area contributed by atoms with Crippen LogP contribution < -0.4 is 0 Å². The lowest BCUT2D eigenvalue weighted by Gasteiger charge is -2.03. The zero-order valence-corrected chi connectivity index (χ0v) is 5.20. The minimum atomic E-state index is -1.18. The molecule has 1 unspecified atom stereocenters. The standard InChI is InChI=1S/C5H10O4/c1-9-5(8)4(7)2-3-6/h4,6-7H,2-3H2,1H3. The lowest BCUT2D eigenvalue weighted by atomic mass is 10.3. The highest BCUT2D eigenvalue weighted by molar-refractivity contribution is 5.74. The molecule has 9 heavy (non-hydrogen) atoms. The summed E-state index contributed by atoms with van der Waals surface area (Å²) in [5.41, 5.74) is 0. The summed E-state index contributed by atoms with van der Waals surface area (Å²) in [6.45, 7) is -0.212. The number of carbonyl (C=O) groups is 1. The third-order valence-electron chi connectivity index (χ3n) is 0.876. The van der Waals surface area contributed by atoms with E-state index in [4.69, 9.17) is 10.2 Å². The Morgan fingerprint density at radius 3 is 2.67 bits per heavy atom. The van der Waals surface area contributed by atoms with Gasteiger partial charge in [-0.2, -0.15) is 0 Å². The Kier molecular flexibility index (Phi) is 4.00. The zero-order valence-electron chi connectivity index (χ0n) is 5.20. The van der Waals surface area contributed by atoms with E-state index in [9.17, 15) is 4.79 Å². The molecular weight excluding hydrogens is 124 g/mol. The van der Waals surface area contributed by atoms with E-state index in [0.29, 0.717) is 0 Å². The highest BCUT2D eigenvalue weighted by Gasteiger charge is 2.12. The van der Waals surface area contributed by atoms with Crippen LogP contribution in [0, 0.1) is 0 Å². The van der Waals surface area contributed by atoms with Crippen LogP contribution in [0.3, 0.4) is 0 Å². The van der Waals surface area contributed by atoms with Crippen LogP contribution in [0.15, 0.2) is 0 Å². The first-order valence-corrected chi connectivity index (χ1v) is 2.59. The number of aliphatic hydroxyl groups is 2. The van der Waals surface area contributed by atoms with Gasteiger partial charge in [-0.05, 0) is 0 Å². The summed E-state index contributed by atoms with van der Waals surface area (Å²) in [6.07, 6.45) is -1.15. The maximum absolute atomic E-state index is 10.3. The maximum atomic E-state index is 10.3. The van der Waals surface area contributed by atoms with Crippen molar-refractivity contribution < 1.29 is 19.7 Å². The van der Waals surface area contributed by atoms with E-state index in [1.807, 2.05) is 0 Å². The van der Waals surface area contributed by atoms with Crippen molar-refractivity contribution in [3.63, 3.8) is 0 Å². The minimum absolute atomic E-state index is 0.0344. The monoisotopic (exact) mass is 134 g/mol. The molecule has 54 valence electrons. The summed E-state index contributed by atoms with van der Waals surface area (Å²) in [5, 5.41) is 16.9. The van der Waals surface area contributed by atoms with Crippen molar-refractivity contribution in [2.24, 2.45) is 0 Å². The predicted molar refractivity (Wildman–Crippen MR) is 29.7 cm³/mol. The van der Waals surface area contributed by atoms with Crippen LogP contribution in [0.25, 0.3) is 0 Å². The van der Waals surface area contributed by atoms with E-state index in [-0.39, 0.29) is 13.0 Å². The summed E-state index contributed by atoms with van der Waals surface area (Å²) in [7, 11) is 1.18. The quantitative estimate of drug-likeness (QED) is 0.481. The van der Waals surface area contributed by atoms with Crippen molar-refractivity contribution in [1.82, 2.24) is 0 Å². The molecule has 2 N–H and O–H groups in total. The molecule has 0 aromatic carbocycles. The predicted octanol–water partition coefficient (Wildman–Crippen LogP) is -1.10. The van der Waals surface area contributed by atoms with Gasteiger partial charge in [0, 0.05) is 13.0 Å². The molecule has 0 aromatic heterocycles. The molecule has 0 radical (unpaired) electrons. The maximum Gasteiger partial charge on any atom is 0.334 e. The molecule has 0 aliphatic heterocycles. The molecule has 0 fully saturated rings.